The van der Waals surface area contributed by atoms with Crippen molar-refractivity contribution in [1.82, 2.24) is 15.6 Å². The van der Waals surface area contributed by atoms with E-state index in [1.807, 2.05) is 6.92 Å². The third kappa shape index (κ3) is 4.61. The molecule has 1 rings (SSSR count). The lowest BCUT2D eigenvalue weighted by molar-refractivity contribution is 0.453. The lowest BCUT2D eigenvalue weighted by Gasteiger charge is -2.07. The summed E-state index contributed by atoms with van der Waals surface area (Å²) in [6, 6.07) is 0. The summed E-state index contributed by atoms with van der Waals surface area (Å²) in [5.41, 5.74) is 0. The van der Waals surface area contributed by atoms with Crippen LogP contribution in [0.3, 0.4) is 0 Å². The van der Waals surface area contributed by atoms with Gasteiger partial charge in [-0.2, -0.15) is 0 Å². The number of aromatic nitrogens is 1. The van der Waals surface area contributed by atoms with Crippen molar-refractivity contribution in [1.29, 1.82) is 0 Å². The number of hydrogen-bond acceptors (Lipinski definition) is 3. The Morgan fingerprint density at radius 1 is 1.44 bits per heavy atom. The first kappa shape index (κ1) is 13.0. The average molecular weight is 241 g/mol. The molecule has 0 aliphatic rings. The van der Waals surface area contributed by atoms with Crippen LogP contribution in [-0.4, -0.2) is 16.6 Å². The van der Waals surface area contributed by atoms with Crippen molar-refractivity contribution in [3.63, 3.8) is 0 Å². The maximum absolute atomic E-state index is 5.45. The van der Waals surface area contributed by atoms with Crippen molar-refractivity contribution in [2.45, 2.75) is 39.7 Å². The lowest BCUT2D eigenvalue weighted by atomic mass is 10.3. The first-order chi connectivity index (χ1) is 7.76. The second kappa shape index (κ2) is 7.22. The largest absolute Gasteiger partial charge is 0.444 e. The predicted octanol–water partition coefficient (Wildman–Crippen LogP) is 2.00. The molecule has 1 aromatic rings. The van der Waals surface area contributed by atoms with Crippen molar-refractivity contribution in [3.8, 4) is 0 Å². The molecular weight excluding hydrogens is 222 g/mol. The van der Waals surface area contributed by atoms with E-state index in [-0.39, 0.29) is 0 Å². The Balaban J connectivity index is 2.20. The first-order valence-electron chi connectivity index (χ1n) is 5.71. The topological polar surface area (TPSA) is 50.1 Å². The summed E-state index contributed by atoms with van der Waals surface area (Å²) in [6.45, 7) is 5.64. The molecule has 0 unspecified atom stereocenters. The number of oxazole rings is 1. The van der Waals surface area contributed by atoms with Gasteiger partial charge in [0.05, 0.1) is 12.7 Å². The van der Waals surface area contributed by atoms with Gasteiger partial charge >= 0.3 is 0 Å². The van der Waals surface area contributed by atoms with E-state index in [0.29, 0.717) is 17.5 Å². The van der Waals surface area contributed by atoms with Crippen LogP contribution in [-0.2, 0) is 13.0 Å². The molecule has 1 heterocycles. The SMILES string of the molecule is CCCCNC(=S)NCc1ncc(CC)o1. The van der Waals surface area contributed by atoms with Gasteiger partial charge < -0.3 is 15.1 Å². The minimum absolute atomic E-state index is 0.540. The van der Waals surface area contributed by atoms with Crippen LogP contribution in [0.25, 0.3) is 0 Å². The minimum atomic E-state index is 0.540. The summed E-state index contributed by atoms with van der Waals surface area (Å²) in [6.07, 6.45) is 4.91. The van der Waals surface area contributed by atoms with Gasteiger partial charge in [0.1, 0.15) is 5.76 Å². The summed E-state index contributed by atoms with van der Waals surface area (Å²) in [4.78, 5) is 4.14. The maximum Gasteiger partial charge on any atom is 0.213 e. The summed E-state index contributed by atoms with van der Waals surface area (Å²) < 4.78 is 5.45. The van der Waals surface area contributed by atoms with Crippen LogP contribution < -0.4 is 10.6 Å². The third-order valence-electron chi connectivity index (χ3n) is 2.17. The highest BCUT2D eigenvalue weighted by Gasteiger charge is 2.02. The molecule has 0 fully saturated rings. The fourth-order valence-electron chi connectivity index (χ4n) is 1.19. The molecule has 90 valence electrons. The quantitative estimate of drug-likeness (QED) is 0.589. The van der Waals surface area contributed by atoms with Crippen molar-refractivity contribution in [2.75, 3.05) is 6.54 Å². The fraction of sp³-hybridized carbons (Fsp3) is 0.636. The Kier molecular flexibility index (Phi) is 5.85. The Morgan fingerprint density at radius 2 is 2.25 bits per heavy atom. The Bertz CT molecular complexity index is 325. The summed E-state index contributed by atoms with van der Waals surface area (Å²) >= 11 is 5.11. The zero-order valence-electron chi connectivity index (χ0n) is 9.88. The van der Waals surface area contributed by atoms with Crippen molar-refractivity contribution >= 4 is 17.3 Å². The molecule has 0 saturated carbocycles. The molecule has 0 spiro atoms. The molecule has 16 heavy (non-hydrogen) atoms. The van der Waals surface area contributed by atoms with E-state index in [1.54, 1.807) is 6.20 Å². The second-order valence-corrected chi connectivity index (χ2v) is 3.95. The molecule has 0 radical (unpaired) electrons. The van der Waals surface area contributed by atoms with E-state index in [0.717, 1.165) is 31.6 Å². The standard InChI is InChI=1S/C11H19N3OS/c1-3-5-6-12-11(16)14-8-10-13-7-9(4-2)15-10/h7H,3-6,8H2,1-2H3,(H2,12,14,16). The van der Waals surface area contributed by atoms with Gasteiger partial charge in [0.25, 0.3) is 0 Å². The maximum atomic E-state index is 5.45. The van der Waals surface area contributed by atoms with E-state index in [2.05, 4.69) is 22.5 Å². The third-order valence-corrected chi connectivity index (χ3v) is 2.45. The lowest BCUT2D eigenvalue weighted by Crippen LogP contribution is -2.35. The Morgan fingerprint density at radius 3 is 2.88 bits per heavy atom. The van der Waals surface area contributed by atoms with Crippen LogP contribution in [0.1, 0.15) is 38.3 Å². The minimum Gasteiger partial charge on any atom is -0.444 e. The highest BCUT2D eigenvalue weighted by molar-refractivity contribution is 7.80. The monoisotopic (exact) mass is 241 g/mol. The molecule has 2 N–H and O–H groups in total. The number of unbranched alkanes of at least 4 members (excludes halogenated alkanes) is 1. The Labute approximate surface area is 102 Å². The molecule has 0 aromatic carbocycles. The van der Waals surface area contributed by atoms with Crippen molar-refractivity contribution < 1.29 is 4.42 Å². The summed E-state index contributed by atoms with van der Waals surface area (Å²) in [5.74, 6) is 1.58. The molecule has 5 heteroatoms. The van der Waals surface area contributed by atoms with E-state index in [4.69, 9.17) is 16.6 Å². The number of nitrogens with one attached hydrogen (secondary N) is 2. The van der Waals surface area contributed by atoms with E-state index in [1.165, 1.54) is 0 Å². The molecular formula is C11H19N3OS. The Hall–Kier alpha value is -1.10. The van der Waals surface area contributed by atoms with Gasteiger partial charge in [-0.15, -0.1) is 0 Å². The van der Waals surface area contributed by atoms with Crippen LogP contribution >= 0.6 is 12.2 Å². The molecule has 0 amide bonds. The number of rotatable bonds is 6. The molecule has 4 nitrogen and oxygen atoms in total. The van der Waals surface area contributed by atoms with E-state index >= 15 is 0 Å². The van der Waals surface area contributed by atoms with E-state index < -0.39 is 0 Å². The smallest absolute Gasteiger partial charge is 0.213 e. The van der Waals surface area contributed by atoms with Crippen LogP contribution in [0.5, 0.6) is 0 Å². The molecule has 0 bridgehead atoms. The highest BCUT2D eigenvalue weighted by Crippen LogP contribution is 2.03. The number of nitrogens with zero attached hydrogens (tertiary/aromatic N) is 1. The van der Waals surface area contributed by atoms with Crippen LogP contribution in [0.4, 0.5) is 0 Å². The normalized spacial score (nSPS) is 10.1. The van der Waals surface area contributed by atoms with Gasteiger partial charge in [-0.3, -0.25) is 0 Å². The summed E-state index contributed by atoms with van der Waals surface area (Å²) in [7, 11) is 0. The second-order valence-electron chi connectivity index (χ2n) is 3.54. The molecule has 0 saturated heterocycles. The van der Waals surface area contributed by atoms with Crippen molar-refractivity contribution in [2.24, 2.45) is 0 Å². The summed E-state index contributed by atoms with van der Waals surface area (Å²) in [5, 5.41) is 6.84. The van der Waals surface area contributed by atoms with Gasteiger partial charge in [-0.25, -0.2) is 4.98 Å². The number of aryl methyl sites for hydroxylation is 1. The van der Waals surface area contributed by atoms with Gasteiger partial charge in [0, 0.05) is 13.0 Å². The number of thiocarbonyl (C=S) groups is 1. The zero-order chi connectivity index (χ0) is 11.8. The zero-order valence-corrected chi connectivity index (χ0v) is 10.7. The molecule has 0 aliphatic carbocycles. The van der Waals surface area contributed by atoms with Gasteiger partial charge in [-0.1, -0.05) is 20.3 Å². The van der Waals surface area contributed by atoms with Crippen LogP contribution in [0.15, 0.2) is 10.6 Å². The van der Waals surface area contributed by atoms with Crippen LogP contribution in [0, 0.1) is 0 Å². The first-order valence-corrected chi connectivity index (χ1v) is 6.12. The molecule has 0 aliphatic heterocycles. The van der Waals surface area contributed by atoms with E-state index in [9.17, 15) is 0 Å². The highest BCUT2D eigenvalue weighted by atomic mass is 32.1. The number of hydrogen-bond donors (Lipinski definition) is 2. The molecule has 0 atom stereocenters. The predicted molar refractivity (Wildman–Crippen MR) is 68.2 cm³/mol. The molecule has 1 aromatic heterocycles. The average Bonchev–Trinajstić information content (AvgIpc) is 2.74. The van der Waals surface area contributed by atoms with Gasteiger partial charge in [0.15, 0.2) is 5.11 Å². The van der Waals surface area contributed by atoms with Crippen LogP contribution in [0.2, 0.25) is 0 Å². The van der Waals surface area contributed by atoms with Crippen molar-refractivity contribution in [3.05, 3.63) is 17.8 Å². The van der Waals surface area contributed by atoms with Gasteiger partial charge in [-0.05, 0) is 18.6 Å². The fourth-order valence-corrected chi connectivity index (χ4v) is 1.36. The van der Waals surface area contributed by atoms with Gasteiger partial charge in [0.2, 0.25) is 5.89 Å².